The highest BCUT2D eigenvalue weighted by Crippen LogP contribution is 2.26. The Hall–Kier alpha value is -1.02. The molecule has 0 radical (unpaired) electrons. The highest BCUT2D eigenvalue weighted by molar-refractivity contribution is 7.99. The van der Waals surface area contributed by atoms with Crippen LogP contribution in [0.15, 0.2) is 18.2 Å². The smallest absolute Gasteiger partial charge is 0.138 e. The second kappa shape index (κ2) is 7.54. The Kier molecular flexibility index (Phi) is 5.71. The van der Waals surface area contributed by atoms with Gasteiger partial charge in [0.25, 0.3) is 0 Å². The van der Waals surface area contributed by atoms with Crippen molar-refractivity contribution in [1.82, 2.24) is 0 Å². The molecule has 1 fully saturated rings. The molecule has 1 aliphatic heterocycles. The third-order valence-corrected chi connectivity index (χ3v) is 4.45. The Morgan fingerprint density at radius 2 is 2.16 bits per heavy atom. The molecule has 2 N–H and O–H groups in total. The second-order valence-corrected chi connectivity index (χ2v) is 5.73. The summed E-state index contributed by atoms with van der Waals surface area (Å²) < 4.78 is 18.9. The van der Waals surface area contributed by atoms with Crippen molar-refractivity contribution in [2.45, 2.75) is 23.8 Å². The molecule has 0 bridgehead atoms. The van der Waals surface area contributed by atoms with Crippen LogP contribution in [0, 0.1) is 17.7 Å². The molecule has 4 heteroatoms. The van der Waals surface area contributed by atoms with Gasteiger partial charge in [0.2, 0.25) is 0 Å². The Morgan fingerprint density at radius 1 is 1.37 bits per heavy atom. The first kappa shape index (κ1) is 14.4. The van der Waals surface area contributed by atoms with Crippen LogP contribution in [-0.2, 0) is 10.5 Å². The first-order valence-electron chi connectivity index (χ1n) is 6.46. The lowest BCUT2D eigenvalue weighted by Gasteiger charge is -2.21. The molecule has 1 aromatic carbocycles. The summed E-state index contributed by atoms with van der Waals surface area (Å²) in [7, 11) is 0. The van der Waals surface area contributed by atoms with Crippen LogP contribution in [-0.4, -0.2) is 25.0 Å². The minimum Gasteiger partial charge on any atom is -0.381 e. The van der Waals surface area contributed by atoms with E-state index in [0.717, 1.165) is 37.4 Å². The van der Waals surface area contributed by atoms with Gasteiger partial charge in [-0.3, -0.25) is 0 Å². The van der Waals surface area contributed by atoms with E-state index in [1.807, 2.05) is 23.9 Å². The van der Waals surface area contributed by atoms with Crippen molar-refractivity contribution in [2.24, 2.45) is 5.73 Å². The maximum Gasteiger partial charge on any atom is 0.138 e. The van der Waals surface area contributed by atoms with E-state index in [1.165, 1.54) is 6.07 Å². The van der Waals surface area contributed by atoms with Crippen molar-refractivity contribution >= 4 is 11.8 Å². The number of thioether (sulfide) groups is 1. The molecule has 0 unspecified atom stereocenters. The van der Waals surface area contributed by atoms with Gasteiger partial charge in [0, 0.05) is 24.2 Å². The quantitative estimate of drug-likeness (QED) is 0.864. The predicted molar refractivity (Wildman–Crippen MR) is 77.5 cm³/mol. The van der Waals surface area contributed by atoms with Gasteiger partial charge in [0.15, 0.2) is 0 Å². The third kappa shape index (κ3) is 4.54. The number of ether oxygens (including phenoxy) is 1. The van der Waals surface area contributed by atoms with Crippen molar-refractivity contribution in [3.8, 4) is 11.8 Å². The van der Waals surface area contributed by atoms with Gasteiger partial charge in [-0.2, -0.15) is 11.8 Å². The highest BCUT2D eigenvalue weighted by atomic mass is 32.2. The van der Waals surface area contributed by atoms with Gasteiger partial charge in [0.1, 0.15) is 5.82 Å². The van der Waals surface area contributed by atoms with Crippen LogP contribution in [0.25, 0.3) is 0 Å². The van der Waals surface area contributed by atoms with Gasteiger partial charge < -0.3 is 10.5 Å². The van der Waals surface area contributed by atoms with Crippen LogP contribution < -0.4 is 5.73 Å². The van der Waals surface area contributed by atoms with E-state index < -0.39 is 0 Å². The van der Waals surface area contributed by atoms with Crippen LogP contribution in [0.3, 0.4) is 0 Å². The number of benzene rings is 1. The molecule has 0 aliphatic carbocycles. The fourth-order valence-electron chi connectivity index (χ4n) is 1.96. The molecule has 1 saturated heterocycles. The number of nitrogens with two attached hydrogens (primary N) is 1. The molecule has 2 rings (SSSR count). The molecule has 102 valence electrons. The summed E-state index contributed by atoms with van der Waals surface area (Å²) in [6.45, 7) is 1.96. The van der Waals surface area contributed by atoms with E-state index in [-0.39, 0.29) is 12.4 Å². The molecule has 0 atom stereocenters. The average molecular weight is 279 g/mol. The zero-order chi connectivity index (χ0) is 13.5. The van der Waals surface area contributed by atoms with Crippen molar-refractivity contribution < 1.29 is 9.13 Å². The van der Waals surface area contributed by atoms with Gasteiger partial charge in [-0.15, -0.1) is 0 Å². The molecule has 2 nitrogen and oxygen atoms in total. The summed E-state index contributed by atoms with van der Waals surface area (Å²) in [5.74, 6) is 6.08. The van der Waals surface area contributed by atoms with Crippen molar-refractivity contribution in [3.63, 3.8) is 0 Å². The molecule has 0 saturated carbocycles. The van der Waals surface area contributed by atoms with E-state index in [4.69, 9.17) is 10.5 Å². The minimum absolute atomic E-state index is 0.250. The fourth-order valence-corrected chi connectivity index (χ4v) is 3.09. The Morgan fingerprint density at radius 3 is 2.89 bits per heavy atom. The molecule has 1 heterocycles. The first-order valence-corrected chi connectivity index (χ1v) is 7.51. The van der Waals surface area contributed by atoms with E-state index in [9.17, 15) is 4.39 Å². The zero-order valence-electron chi connectivity index (χ0n) is 10.8. The summed E-state index contributed by atoms with van der Waals surface area (Å²) in [5.41, 5.74) is 6.86. The molecule has 1 aliphatic rings. The van der Waals surface area contributed by atoms with Crippen LogP contribution in [0.2, 0.25) is 0 Å². The predicted octanol–water partition coefficient (Wildman–Crippen LogP) is 2.55. The highest BCUT2D eigenvalue weighted by Gasteiger charge is 2.14. The Labute approximate surface area is 117 Å². The standard InChI is InChI=1S/C15H18FNOS/c16-15-4-3-12(10-13(15)2-1-7-17)11-19-14-5-8-18-9-6-14/h3-4,10,14H,5-9,11,17H2. The first-order chi connectivity index (χ1) is 9.29. The third-order valence-electron chi connectivity index (χ3n) is 3.01. The van der Waals surface area contributed by atoms with Gasteiger partial charge in [0.05, 0.1) is 12.1 Å². The Bertz CT molecular complexity index is 475. The monoisotopic (exact) mass is 279 g/mol. The van der Waals surface area contributed by atoms with E-state index in [0.29, 0.717) is 10.8 Å². The Balaban J connectivity index is 1.96. The summed E-state index contributed by atoms with van der Waals surface area (Å²) in [6, 6.07) is 5.14. The summed E-state index contributed by atoms with van der Waals surface area (Å²) in [5, 5.41) is 0.650. The SMILES string of the molecule is NCC#Cc1cc(CSC2CCOCC2)ccc1F. The van der Waals surface area contributed by atoms with E-state index in [2.05, 4.69) is 11.8 Å². The average Bonchev–Trinajstić information content (AvgIpc) is 2.46. The van der Waals surface area contributed by atoms with Gasteiger partial charge in [-0.1, -0.05) is 17.9 Å². The van der Waals surface area contributed by atoms with Gasteiger partial charge in [-0.25, -0.2) is 4.39 Å². The lowest BCUT2D eigenvalue weighted by molar-refractivity contribution is 0.1000. The number of hydrogen-bond acceptors (Lipinski definition) is 3. The van der Waals surface area contributed by atoms with Crippen LogP contribution in [0.1, 0.15) is 24.0 Å². The topological polar surface area (TPSA) is 35.2 Å². The minimum atomic E-state index is -0.277. The van der Waals surface area contributed by atoms with Gasteiger partial charge >= 0.3 is 0 Å². The summed E-state index contributed by atoms with van der Waals surface area (Å²) in [6.07, 6.45) is 2.21. The molecular formula is C15H18FNOS. The van der Waals surface area contributed by atoms with Crippen molar-refractivity contribution in [1.29, 1.82) is 0 Å². The molecule has 1 aromatic rings. The normalized spacial score (nSPS) is 15.9. The molecule has 0 amide bonds. The van der Waals surface area contributed by atoms with Crippen molar-refractivity contribution in [3.05, 3.63) is 35.1 Å². The fraction of sp³-hybridized carbons (Fsp3) is 0.467. The largest absolute Gasteiger partial charge is 0.381 e. The molecule has 0 spiro atoms. The number of hydrogen-bond donors (Lipinski definition) is 1. The van der Waals surface area contributed by atoms with E-state index in [1.54, 1.807) is 0 Å². The lowest BCUT2D eigenvalue weighted by Crippen LogP contribution is -2.17. The summed E-state index contributed by atoms with van der Waals surface area (Å²) in [4.78, 5) is 0. The van der Waals surface area contributed by atoms with Crippen molar-refractivity contribution in [2.75, 3.05) is 19.8 Å². The molecule has 0 aromatic heterocycles. The van der Waals surface area contributed by atoms with E-state index >= 15 is 0 Å². The lowest BCUT2D eigenvalue weighted by atomic mass is 10.1. The number of halogens is 1. The molecule has 19 heavy (non-hydrogen) atoms. The second-order valence-electron chi connectivity index (χ2n) is 4.44. The zero-order valence-corrected chi connectivity index (χ0v) is 11.6. The maximum atomic E-state index is 13.5. The molecular weight excluding hydrogens is 261 g/mol. The number of rotatable bonds is 3. The maximum absolute atomic E-state index is 13.5. The van der Waals surface area contributed by atoms with Crippen LogP contribution in [0.4, 0.5) is 4.39 Å². The van der Waals surface area contributed by atoms with Crippen LogP contribution >= 0.6 is 11.8 Å². The summed E-state index contributed by atoms with van der Waals surface area (Å²) >= 11 is 1.91. The van der Waals surface area contributed by atoms with Gasteiger partial charge in [-0.05, 0) is 30.5 Å². The van der Waals surface area contributed by atoms with Crippen LogP contribution in [0.5, 0.6) is 0 Å².